The van der Waals surface area contributed by atoms with Crippen molar-refractivity contribution in [3.05, 3.63) is 47.8 Å². The van der Waals surface area contributed by atoms with E-state index in [9.17, 15) is 4.79 Å². The normalized spacial score (nSPS) is 10.0. The molecule has 0 spiro atoms. The van der Waals surface area contributed by atoms with Crippen LogP contribution in [-0.2, 0) is 0 Å². The number of aryl methyl sites for hydroxylation is 1. The molecular weight excluding hydrogens is 242 g/mol. The molecule has 0 atom stereocenters. The Morgan fingerprint density at radius 1 is 1.32 bits per heavy atom. The fourth-order valence-electron chi connectivity index (χ4n) is 1.68. The van der Waals surface area contributed by atoms with Gasteiger partial charge < -0.3 is 15.8 Å². The van der Waals surface area contributed by atoms with Crippen molar-refractivity contribution in [2.75, 3.05) is 18.2 Å². The molecule has 2 rings (SSSR count). The Hall–Kier alpha value is -2.56. The summed E-state index contributed by atoms with van der Waals surface area (Å²) in [6.07, 6.45) is 1.50. The number of pyridine rings is 1. The summed E-state index contributed by atoms with van der Waals surface area (Å²) < 4.78 is 5.20. The number of carbonyl (C=O) groups is 1. The fourth-order valence-corrected chi connectivity index (χ4v) is 1.68. The van der Waals surface area contributed by atoms with Crippen LogP contribution in [0.15, 0.2) is 36.5 Å². The molecule has 3 N–H and O–H groups in total. The van der Waals surface area contributed by atoms with Crippen LogP contribution in [0, 0.1) is 6.92 Å². The van der Waals surface area contributed by atoms with Crippen molar-refractivity contribution in [1.82, 2.24) is 4.98 Å². The molecule has 0 aliphatic rings. The molecule has 19 heavy (non-hydrogen) atoms. The molecule has 1 amide bonds. The van der Waals surface area contributed by atoms with E-state index >= 15 is 0 Å². The van der Waals surface area contributed by atoms with Crippen molar-refractivity contribution in [3.63, 3.8) is 0 Å². The monoisotopic (exact) mass is 257 g/mol. The highest BCUT2D eigenvalue weighted by molar-refractivity contribution is 6.04. The van der Waals surface area contributed by atoms with Crippen molar-refractivity contribution >= 4 is 17.3 Å². The number of aromatic nitrogens is 1. The Morgan fingerprint density at radius 2 is 2.11 bits per heavy atom. The van der Waals surface area contributed by atoms with Crippen LogP contribution in [0.5, 0.6) is 5.75 Å². The van der Waals surface area contributed by atoms with Gasteiger partial charge in [-0.15, -0.1) is 0 Å². The molecule has 0 saturated heterocycles. The van der Waals surface area contributed by atoms with Crippen LogP contribution >= 0.6 is 0 Å². The molecule has 1 aromatic heterocycles. The van der Waals surface area contributed by atoms with Gasteiger partial charge in [0.2, 0.25) is 0 Å². The van der Waals surface area contributed by atoms with Gasteiger partial charge in [0.25, 0.3) is 5.91 Å². The molecule has 0 fully saturated rings. The molecule has 98 valence electrons. The van der Waals surface area contributed by atoms with Crippen molar-refractivity contribution < 1.29 is 9.53 Å². The molecule has 1 heterocycles. The van der Waals surface area contributed by atoms with Gasteiger partial charge in [-0.3, -0.25) is 9.78 Å². The number of amides is 1. The second-order valence-corrected chi connectivity index (χ2v) is 4.13. The third-order valence-electron chi connectivity index (χ3n) is 2.62. The maximum atomic E-state index is 12.1. The number of carbonyl (C=O) groups excluding carboxylic acids is 1. The van der Waals surface area contributed by atoms with E-state index in [0.717, 1.165) is 5.56 Å². The van der Waals surface area contributed by atoms with E-state index in [1.807, 2.05) is 19.1 Å². The molecule has 0 aliphatic carbocycles. The number of rotatable bonds is 3. The summed E-state index contributed by atoms with van der Waals surface area (Å²) in [5.41, 5.74) is 8.02. The van der Waals surface area contributed by atoms with Gasteiger partial charge in [0.1, 0.15) is 11.4 Å². The number of hydrogen-bond acceptors (Lipinski definition) is 4. The maximum Gasteiger partial charge on any atom is 0.274 e. The van der Waals surface area contributed by atoms with Gasteiger partial charge in [-0.2, -0.15) is 0 Å². The van der Waals surface area contributed by atoms with Gasteiger partial charge in [0.15, 0.2) is 0 Å². The second-order valence-electron chi connectivity index (χ2n) is 4.13. The summed E-state index contributed by atoms with van der Waals surface area (Å²) in [4.78, 5) is 16.0. The molecule has 0 saturated carbocycles. The summed E-state index contributed by atoms with van der Waals surface area (Å²) in [7, 11) is 1.55. The van der Waals surface area contributed by atoms with E-state index in [4.69, 9.17) is 10.5 Å². The largest absolute Gasteiger partial charge is 0.495 e. The zero-order valence-corrected chi connectivity index (χ0v) is 10.8. The number of nitrogens with two attached hydrogens (primary N) is 1. The van der Waals surface area contributed by atoms with Crippen molar-refractivity contribution in [2.45, 2.75) is 6.92 Å². The standard InChI is InChI=1S/C14H15N3O2/c1-9-3-4-13(19-2)11(7-9)17-14(18)12-8-10(15)5-6-16-12/h3-8H,1-2H3,(H2,15,16)(H,17,18). The van der Waals surface area contributed by atoms with Gasteiger partial charge in [-0.1, -0.05) is 6.07 Å². The molecule has 0 radical (unpaired) electrons. The SMILES string of the molecule is COc1ccc(C)cc1NC(=O)c1cc(N)ccn1. The smallest absolute Gasteiger partial charge is 0.274 e. The van der Waals surface area contributed by atoms with Gasteiger partial charge in [-0.05, 0) is 36.8 Å². The second kappa shape index (κ2) is 5.39. The lowest BCUT2D eigenvalue weighted by molar-refractivity contribution is 0.102. The highest BCUT2D eigenvalue weighted by Gasteiger charge is 2.11. The summed E-state index contributed by atoms with van der Waals surface area (Å²) in [5.74, 6) is 0.277. The van der Waals surface area contributed by atoms with Crippen LogP contribution in [0.4, 0.5) is 11.4 Å². The lowest BCUT2D eigenvalue weighted by atomic mass is 10.2. The first kappa shape index (κ1) is 12.9. The topological polar surface area (TPSA) is 77.2 Å². The molecule has 0 unspecified atom stereocenters. The van der Waals surface area contributed by atoms with E-state index in [1.54, 1.807) is 19.2 Å². The Bertz CT molecular complexity index is 611. The van der Waals surface area contributed by atoms with E-state index < -0.39 is 0 Å². The van der Waals surface area contributed by atoms with Crippen molar-refractivity contribution in [1.29, 1.82) is 0 Å². The van der Waals surface area contributed by atoms with Gasteiger partial charge >= 0.3 is 0 Å². The molecular formula is C14H15N3O2. The highest BCUT2D eigenvalue weighted by atomic mass is 16.5. The molecule has 5 nitrogen and oxygen atoms in total. The van der Waals surface area contributed by atoms with Gasteiger partial charge in [0.05, 0.1) is 12.8 Å². The first-order chi connectivity index (χ1) is 9.10. The third kappa shape index (κ3) is 3.01. The minimum absolute atomic E-state index is 0.267. The maximum absolute atomic E-state index is 12.1. The molecule has 0 bridgehead atoms. The van der Waals surface area contributed by atoms with Crippen LogP contribution in [0.3, 0.4) is 0 Å². The van der Waals surface area contributed by atoms with E-state index in [-0.39, 0.29) is 11.6 Å². The highest BCUT2D eigenvalue weighted by Crippen LogP contribution is 2.25. The van der Waals surface area contributed by atoms with Gasteiger partial charge in [0, 0.05) is 11.9 Å². The Balaban J connectivity index is 2.26. The van der Waals surface area contributed by atoms with Crippen LogP contribution in [-0.4, -0.2) is 18.0 Å². The van der Waals surface area contributed by atoms with Crippen LogP contribution in [0.2, 0.25) is 0 Å². The average Bonchev–Trinajstić information content (AvgIpc) is 2.39. The Labute approximate surface area is 111 Å². The predicted molar refractivity (Wildman–Crippen MR) is 74.3 cm³/mol. The van der Waals surface area contributed by atoms with Crippen molar-refractivity contribution in [3.8, 4) is 5.75 Å². The Morgan fingerprint density at radius 3 is 2.79 bits per heavy atom. The number of methoxy groups -OCH3 is 1. The number of ether oxygens (including phenoxy) is 1. The lowest BCUT2D eigenvalue weighted by Crippen LogP contribution is -2.14. The van der Waals surface area contributed by atoms with Crippen LogP contribution in [0.25, 0.3) is 0 Å². The molecule has 2 aromatic rings. The third-order valence-corrected chi connectivity index (χ3v) is 2.62. The molecule has 1 aromatic carbocycles. The van der Waals surface area contributed by atoms with Crippen LogP contribution < -0.4 is 15.8 Å². The quantitative estimate of drug-likeness (QED) is 0.884. The van der Waals surface area contributed by atoms with Gasteiger partial charge in [-0.25, -0.2) is 0 Å². The van der Waals surface area contributed by atoms with Crippen molar-refractivity contribution in [2.24, 2.45) is 0 Å². The van der Waals surface area contributed by atoms with Crippen LogP contribution in [0.1, 0.15) is 16.1 Å². The zero-order valence-electron chi connectivity index (χ0n) is 10.8. The first-order valence-corrected chi connectivity index (χ1v) is 5.77. The number of nitrogens with zero attached hydrogens (tertiary/aromatic N) is 1. The minimum atomic E-state index is -0.323. The average molecular weight is 257 g/mol. The lowest BCUT2D eigenvalue weighted by Gasteiger charge is -2.10. The fraction of sp³-hybridized carbons (Fsp3) is 0.143. The molecule has 5 heteroatoms. The summed E-state index contributed by atoms with van der Waals surface area (Å²) >= 11 is 0. The Kier molecular flexibility index (Phi) is 3.66. The van der Waals surface area contributed by atoms with E-state index in [2.05, 4.69) is 10.3 Å². The predicted octanol–water partition coefficient (Wildman–Crippen LogP) is 2.23. The summed E-state index contributed by atoms with van der Waals surface area (Å²) in [5, 5.41) is 2.76. The number of benzene rings is 1. The number of hydrogen-bond donors (Lipinski definition) is 2. The first-order valence-electron chi connectivity index (χ1n) is 5.77. The van der Waals surface area contributed by atoms with E-state index in [0.29, 0.717) is 17.1 Å². The zero-order chi connectivity index (χ0) is 13.8. The summed E-state index contributed by atoms with van der Waals surface area (Å²) in [6.45, 7) is 1.94. The minimum Gasteiger partial charge on any atom is -0.495 e. The van der Waals surface area contributed by atoms with E-state index in [1.165, 1.54) is 12.3 Å². The number of nitrogen functional groups attached to an aromatic ring is 1. The summed E-state index contributed by atoms with van der Waals surface area (Å²) in [6, 6.07) is 8.70. The number of anilines is 2. The number of nitrogens with one attached hydrogen (secondary N) is 1. The molecule has 0 aliphatic heterocycles.